The summed E-state index contributed by atoms with van der Waals surface area (Å²) in [4.78, 5) is 21.6. The van der Waals surface area contributed by atoms with E-state index >= 15 is 0 Å². The van der Waals surface area contributed by atoms with E-state index in [2.05, 4.69) is 5.32 Å². The molecule has 4 nitrogen and oxygen atoms in total. The Bertz CT molecular complexity index is 277. The van der Waals surface area contributed by atoms with E-state index in [1.54, 1.807) is 0 Å². The second-order valence-electron chi connectivity index (χ2n) is 4.37. The number of fused-ring (bicyclic) bond motifs is 1. The summed E-state index contributed by atoms with van der Waals surface area (Å²) in [6, 6.07) is 0. The average Bonchev–Trinajstić information content (AvgIpc) is 2.04. The number of hydrogen-bond donors (Lipinski definition) is 2. The zero-order chi connectivity index (χ0) is 10.3. The molecule has 0 bridgehead atoms. The van der Waals surface area contributed by atoms with Crippen molar-refractivity contribution in [2.24, 2.45) is 23.7 Å². The van der Waals surface area contributed by atoms with Crippen LogP contribution in [0, 0.1) is 23.7 Å². The molecule has 0 aromatic heterocycles. The highest BCUT2D eigenvalue weighted by molar-refractivity contribution is 5.74. The van der Waals surface area contributed by atoms with Crippen molar-refractivity contribution in [1.29, 1.82) is 0 Å². The van der Waals surface area contributed by atoms with E-state index in [-0.39, 0.29) is 17.7 Å². The number of carboxylic acid groups (broad SMARTS) is 1. The summed E-state index contributed by atoms with van der Waals surface area (Å²) in [6.07, 6.45) is 2.19. The lowest BCUT2D eigenvalue weighted by atomic mass is 9.47. The van der Waals surface area contributed by atoms with Gasteiger partial charge in [0, 0.05) is 13.5 Å². The summed E-state index contributed by atoms with van der Waals surface area (Å²) < 4.78 is 0. The molecule has 0 spiro atoms. The first-order chi connectivity index (χ1) is 6.61. The molecule has 78 valence electrons. The molecule has 2 N–H and O–H groups in total. The van der Waals surface area contributed by atoms with Crippen molar-refractivity contribution in [1.82, 2.24) is 5.32 Å². The molecular formula is C10H15NO3. The van der Waals surface area contributed by atoms with E-state index in [1.165, 1.54) is 6.92 Å². The van der Waals surface area contributed by atoms with Gasteiger partial charge in [0.15, 0.2) is 0 Å². The number of amides is 1. The topological polar surface area (TPSA) is 66.4 Å². The van der Waals surface area contributed by atoms with E-state index in [0.717, 1.165) is 12.8 Å². The fourth-order valence-corrected chi connectivity index (χ4v) is 2.87. The largest absolute Gasteiger partial charge is 0.481 e. The van der Waals surface area contributed by atoms with Crippen molar-refractivity contribution in [3.63, 3.8) is 0 Å². The maximum atomic E-state index is 10.9. The molecule has 0 aliphatic heterocycles. The lowest BCUT2D eigenvalue weighted by Gasteiger charge is -2.57. The fourth-order valence-electron chi connectivity index (χ4n) is 2.87. The molecule has 0 aromatic carbocycles. The summed E-state index contributed by atoms with van der Waals surface area (Å²) in [5.74, 6) is 0.156. The van der Waals surface area contributed by atoms with Crippen LogP contribution in [0.2, 0.25) is 0 Å². The van der Waals surface area contributed by atoms with Crippen LogP contribution in [0.15, 0.2) is 0 Å². The van der Waals surface area contributed by atoms with Gasteiger partial charge in [-0.2, -0.15) is 0 Å². The highest BCUT2D eigenvalue weighted by Gasteiger charge is 2.58. The molecule has 2 aliphatic rings. The van der Waals surface area contributed by atoms with E-state index in [9.17, 15) is 9.59 Å². The maximum Gasteiger partial charge on any atom is 0.307 e. The Morgan fingerprint density at radius 1 is 1.36 bits per heavy atom. The van der Waals surface area contributed by atoms with Crippen molar-refractivity contribution in [2.45, 2.75) is 19.8 Å². The zero-order valence-corrected chi connectivity index (χ0v) is 8.19. The van der Waals surface area contributed by atoms with Crippen molar-refractivity contribution in [3.8, 4) is 0 Å². The normalized spacial score (nSPS) is 38.9. The quantitative estimate of drug-likeness (QED) is 0.691. The predicted octanol–water partition coefficient (Wildman–Crippen LogP) is 0.479. The molecule has 2 fully saturated rings. The summed E-state index contributed by atoms with van der Waals surface area (Å²) in [5, 5.41) is 11.7. The van der Waals surface area contributed by atoms with Gasteiger partial charge in [-0.15, -0.1) is 0 Å². The minimum Gasteiger partial charge on any atom is -0.481 e. The molecule has 2 saturated carbocycles. The number of rotatable bonds is 3. The Morgan fingerprint density at radius 2 is 2.00 bits per heavy atom. The smallest absolute Gasteiger partial charge is 0.307 e. The van der Waals surface area contributed by atoms with Gasteiger partial charge in [-0.3, -0.25) is 9.59 Å². The number of carboxylic acids is 1. The van der Waals surface area contributed by atoms with Gasteiger partial charge in [-0.25, -0.2) is 0 Å². The van der Waals surface area contributed by atoms with Gasteiger partial charge < -0.3 is 10.4 Å². The molecule has 0 unspecified atom stereocenters. The molecule has 0 aromatic rings. The molecule has 4 atom stereocenters. The lowest BCUT2D eigenvalue weighted by molar-refractivity contribution is -0.172. The Balaban J connectivity index is 1.90. The van der Waals surface area contributed by atoms with E-state index in [4.69, 9.17) is 5.11 Å². The monoisotopic (exact) mass is 197 g/mol. The first-order valence-electron chi connectivity index (χ1n) is 5.08. The summed E-state index contributed by atoms with van der Waals surface area (Å²) >= 11 is 0. The molecule has 0 radical (unpaired) electrons. The molecule has 0 heterocycles. The third-order valence-corrected chi connectivity index (χ3v) is 3.73. The highest BCUT2D eigenvalue weighted by atomic mass is 16.4. The van der Waals surface area contributed by atoms with E-state index < -0.39 is 5.97 Å². The van der Waals surface area contributed by atoms with Crippen LogP contribution < -0.4 is 5.32 Å². The molecule has 4 heteroatoms. The maximum absolute atomic E-state index is 10.9. The Labute approximate surface area is 82.7 Å². The Morgan fingerprint density at radius 3 is 2.43 bits per heavy atom. The summed E-state index contributed by atoms with van der Waals surface area (Å²) in [7, 11) is 0. The van der Waals surface area contributed by atoms with Crippen LogP contribution in [0.5, 0.6) is 0 Å². The molecule has 0 saturated heterocycles. The van der Waals surface area contributed by atoms with Gasteiger partial charge in [0.25, 0.3) is 0 Å². The average molecular weight is 197 g/mol. The van der Waals surface area contributed by atoms with Crippen LogP contribution in [-0.2, 0) is 9.59 Å². The number of nitrogens with one attached hydrogen (secondary N) is 1. The lowest BCUT2D eigenvalue weighted by Crippen LogP contribution is -2.59. The van der Waals surface area contributed by atoms with Gasteiger partial charge in [0.1, 0.15) is 0 Å². The van der Waals surface area contributed by atoms with Crippen LogP contribution in [0.3, 0.4) is 0 Å². The highest BCUT2D eigenvalue weighted by Crippen LogP contribution is 2.58. The summed E-state index contributed by atoms with van der Waals surface area (Å²) in [5.41, 5.74) is 0. The summed E-state index contributed by atoms with van der Waals surface area (Å²) in [6.45, 7) is 2.00. The van der Waals surface area contributed by atoms with Crippen LogP contribution in [-0.4, -0.2) is 23.5 Å². The van der Waals surface area contributed by atoms with Crippen LogP contribution in [0.4, 0.5) is 0 Å². The minimum absolute atomic E-state index is 0.0723. The minimum atomic E-state index is -0.693. The van der Waals surface area contributed by atoms with Crippen molar-refractivity contribution in [2.75, 3.05) is 6.54 Å². The first-order valence-corrected chi connectivity index (χ1v) is 5.08. The molecular weight excluding hydrogens is 182 g/mol. The number of hydrogen-bond acceptors (Lipinski definition) is 2. The number of carbonyl (C=O) groups is 2. The standard InChI is InChI=1S/C10H15NO3/c1-5(12)11-4-8-6-2-3-7(6)9(8)10(13)14/h6-9H,2-4H2,1H3,(H,11,12)(H,13,14)/t6-,7+,8+,9-/m0/s1. The van der Waals surface area contributed by atoms with Gasteiger partial charge in [-0.1, -0.05) is 0 Å². The number of carbonyl (C=O) groups excluding carboxylic acids is 1. The second-order valence-corrected chi connectivity index (χ2v) is 4.37. The van der Waals surface area contributed by atoms with Gasteiger partial charge >= 0.3 is 5.97 Å². The third kappa shape index (κ3) is 1.29. The van der Waals surface area contributed by atoms with Crippen LogP contribution in [0.25, 0.3) is 0 Å². The van der Waals surface area contributed by atoms with Gasteiger partial charge in [-0.05, 0) is 30.6 Å². The van der Waals surface area contributed by atoms with Crippen molar-refractivity contribution >= 4 is 11.9 Å². The van der Waals surface area contributed by atoms with Gasteiger partial charge in [0.2, 0.25) is 5.91 Å². The predicted molar refractivity (Wildman–Crippen MR) is 49.5 cm³/mol. The molecule has 2 aliphatic carbocycles. The Hall–Kier alpha value is -1.06. The Kier molecular flexibility index (Phi) is 2.21. The van der Waals surface area contributed by atoms with E-state index in [1.807, 2.05) is 0 Å². The first kappa shape index (κ1) is 9.49. The fraction of sp³-hybridized carbons (Fsp3) is 0.800. The molecule has 14 heavy (non-hydrogen) atoms. The third-order valence-electron chi connectivity index (χ3n) is 3.73. The van der Waals surface area contributed by atoms with Gasteiger partial charge in [0.05, 0.1) is 5.92 Å². The van der Waals surface area contributed by atoms with Crippen LogP contribution in [0.1, 0.15) is 19.8 Å². The SMILES string of the molecule is CC(=O)NC[C@@H]1[C@H]2CC[C@H]2[C@@H]1C(=O)O. The second kappa shape index (κ2) is 3.26. The molecule has 2 rings (SSSR count). The number of aliphatic carboxylic acids is 1. The zero-order valence-electron chi connectivity index (χ0n) is 8.19. The van der Waals surface area contributed by atoms with E-state index in [0.29, 0.717) is 18.4 Å². The van der Waals surface area contributed by atoms with Crippen molar-refractivity contribution < 1.29 is 14.7 Å². The van der Waals surface area contributed by atoms with Crippen LogP contribution >= 0.6 is 0 Å². The molecule has 1 amide bonds. The van der Waals surface area contributed by atoms with Crippen molar-refractivity contribution in [3.05, 3.63) is 0 Å².